The first-order valence-corrected chi connectivity index (χ1v) is 5.42. The van der Waals surface area contributed by atoms with Crippen molar-refractivity contribution >= 4 is 0 Å². The van der Waals surface area contributed by atoms with Gasteiger partial charge in [-0.3, -0.25) is 0 Å². The molecule has 3 nitrogen and oxygen atoms in total. The van der Waals surface area contributed by atoms with E-state index in [1.807, 2.05) is 6.07 Å². The van der Waals surface area contributed by atoms with Crippen LogP contribution in [0.15, 0.2) is 0 Å². The predicted octanol–water partition coefficient (Wildman–Crippen LogP) is 3.13. The molecular formula is C12H19F3NO2. The molecule has 1 rings (SSSR count). The maximum atomic E-state index is 10.7. The summed E-state index contributed by atoms with van der Waals surface area (Å²) in [6, 6.07) is 1.82. The zero-order valence-corrected chi connectivity index (χ0v) is 10.3. The lowest BCUT2D eigenvalue weighted by molar-refractivity contribution is -0.125. The minimum atomic E-state index is -4.07. The SMILES string of the molecule is [CH2]CC#N.[CH2]CC(F)(F)F.[CH2]CCOCC1CO1. The van der Waals surface area contributed by atoms with E-state index < -0.39 is 12.6 Å². The quantitative estimate of drug-likeness (QED) is 0.580. The number of halogens is 3. The van der Waals surface area contributed by atoms with Crippen LogP contribution in [0.3, 0.4) is 0 Å². The van der Waals surface area contributed by atoms with Crippen molar-refractivity contribution in [1.29, 1.82) is 5.26 Å². The lowest BCUT2D eigenvalue weighted by atomic mass is 10.5. The Labute approximate surface area is 107 Å². The van der Waals surface area contributed by atoms with Gasteiger partial charge >= 0.3 is 6.18 Å². The van der Waals surface area contributed by atoms with Crippen molar-refractivity contribution in [1.82, 2.24) is 0 Å². The van der Waals surface area contributed by atoms with Gasteiger partial charge < -0.3 is 9.47 Å². The largest absolute Gasteiger partial charge is 0.389 e. The van der Waals surface area contributed by atoms with Crippen molar-refractivity contribution in [2.24, 2.45) is 0 Å². The summed E-state index contributed by atoms with van der Waals surface area (Å²) in [4.78, 5) is 0. The molecule has 1 atom stereocenters. The fourth-order valence-corrected chi connectivity index (χ4v) is 0.481. The Kier molecular flexibility index (Phi) is 13.7. The van der Waals surface area contributed by atoms with E-state index >= 15 is 0 Å². The average Bonchev–Trinajstić information content (AvgIpc) is 3.14. The highest BCUT2D eigenvalue weighted by molar-refractivity contribution is 4.68. The van der Waals surface area contributed by atoms with Gasteiger partial charge in [0.2, 0.25) is 0 Å². The molecule has 105 valence electrons. The molecule has 18 heavy (non-hydrogen) atoms. The Bertz CT molecular complexity index is 210. The van der Waals surface area contributed by atoms with Crippen LogP contribution < -0.4 is 0 Å². The first-order valence-electron chi connectivity index (χ1n) is 5.42. The van der Waals surface area contributed by atoms with E-state index in [4.69, 9.17) is 14.7 Å². The average molecular weight is 266 g/mol. The molecule has 1 fully saturated rings. The lowest BCUT2D eigenvalue weighted by Gasteiger charge is -1.96. The minimum Gasteiger partial charge on any atom is -0.379 e. The standard InChI is InChI=1S/C6H11O2.C3H4F3.C3H4N/c1-2-3-7-4-6-5-8-6;1-2-3(4,5)6;1-2-3-4/h6H,1-5H2;1-2H2;1-2H2. The molecule has 1 unspecified atom stereocenters. The molecule has 0 saturated carbocycles. The smallest absolute Gasteiger partial charge is 0.379 e. The Morgan fingerprint density at radius 2 is 1.78 bits per heavy atom. The molecule has 0 spiro atoms. The molecule has 1 saturated heterocycles. The van der Waals surface area contributed by atoms with Crippen LogP contribution in [0, 0.1) is 32.1 Å². The first-order chi connectivity index (χ1) is 8.41. The summed E-state index contributed by atoms with van der Waals surface area (Å²) >= 11 is 0. The Hall–Kier alpha value is -0.800. The van der Waals surface area contributed by atoms with Crippen molar-refractivity contribution in [2.75, 3.05) is 19.8 Å². The maximum Gasteiger partial charge on any atom is 0.389 e. The van der Waals surface area contributed by atoms with Gasteiger partial charge in [0.1, 0.15) is 6.10 Å². The molecule has 3 radical (unpaired) electrons. The van der Waals surface area contributed by atoms with Crippen LogP contribution in [0.2, 0.25) is 0 Å². The van der Waals surface area contributed by atoms with Crippen LogP contribution in [0.4, 0.5) is 13.2 Å². The molecule has 0 aliphatic carbocycles. The summed E-state index contributed by atoms with van der Waals surface area (Å²) in [6.45, 7) is 11.9. The minimum absolute atomic E-state index is 0.375. The summed E-state index contributed by atoms with van der Waals surface area (Å²) < 4.78 is 42.2. The van der Waals surface area contributed by atoms with Gasteiger partial charge in [-0.2, -0.15) is 18.4 Å². The van der Waals surface area contributed by atoms with Gasteiger partial charge in [0.15, 0.2) is 0 Å². The zero-order chi connectivity index (χ0) is 14.4. The fourth-order valence-electron chi connectivity index (χ4n) is 0.481. The number of ether oxygens (including phenoxy) is 2. The number of hydrogen-bond donors (Lipinski definition) is 0. The number of rotatable bonds is 4. The number of nitriles is 1. The summed E-state index contributed by atoms with van der Waals surface area (Å²) in [6.07, 6.45) is -3.42. The topological polar surface area (TPSA) is 45.5 Å². The number of nitrogens with zero attached hydrogens (tertiary/aromatic N) is 1. The van der Waals surface area contributed by atoms with Gasteiger partial charge in [-0.25, -0.2) is 0 Å². The highest BCUT2D eigenvalue weighted by Crippen LogP contribution is 2.17. The molecular weight excluding hydrogens is 247 g/mol. The Morgan fingerprint density at radius 3 is 2.00 bits per heavy atom. The van der Waals surface area contributed by atoms with E-state index in [1.54, 1.807) is 0 Å². The van der Waals surface area contributed by atoms with Gasteiger partial charge in [-0.15, -0.1) is 0 Å². The molecule has 0 bridgehead atoms. The van der Waals surface area contributed by atoms with Crippen molar-refractivity contribution in [3.8, 4) is 6.07 Å². The van der Waals surface area contributed by atoms with Crippen molar-refractivity contribution in [3.05, 3.63) is 20.8 Å². The molecule has 6 heteroatoms. The zero-order valence-electron chi connectivity index (χ0n) is 10.3. The number of alkyl halides is 3. The third-order valence-electron chi connectivity index (χ3n) is 1.39. The van der Waals surface area contributed by atoms with Gasteiger partial charge in [0, 0.05) is 19.4 Å². The Morgan fingerprint density at radius 1 is 1.33 bits per heavy atom. The summed E-state index contributed by atoms with van der Waals surface area (Å²) in [7, 11) is 0. The van der Waals surface area contributed by atoms with Gasteiger partial charge in [0.25, 0.3) is 0 Å². The van der Waals surface area contributed by atoms with Gasteiger partial charge in [0.05, 0.1) is 19.3 Å². The second kappa shape index (κ2) is 12.7. The maximum absolute atomic E-state index is 10.7. The lowest BCUT2D eigenvalue weighted by Crippen LogP contribution is -2.02. The van der Waals surface area contributed by atoms with Crippen molar-refractivity contribution in [2.45, 2.75) is 31.5 Å². The molecule has 0 N–H and O–H groups in total. The van der Waals surface area contributed by atoms with Crippen molar-refractivity contribution < 1.29 is 22.6 Å². The molecule has 0 amide bonds. The molecule has 1 heterocycles. The highest BCUT2D eigenvalue weighted by Gasteiger charge is 2.22. The van der Waals surface area contributed by atoms with E-state index in [-0.39, 0.29) is 0 Å². The highest BCUT2D eigenvalue weighted by atomic mass is 19.4. The van der Waals surface area contributed by atoms with Crippen LogP contribution >= 0.6 is 0 Å². The van der Waals surface area contributed by atoms with E-state index in [9.17, 15) is 13.2 Å². The van der Waals surface area contributed by atoms with E-state index in [1.165, 1.54) is 0 Å². The second-order valence-electron chi connectivity index (χ2n) is 3.16. The third-order valence-corrected chi connectivity index (χ3v) is 1.39. The summed E-state index contributed by atoms with van der Waals surface area (Å²) in [5.74, 6) is 0. The number of hydrogen-bond acceptors (Lipinski definition) is 3. The van der Waals surface area contributed by atoms with Crippen LogP contribution in [0.5, 0.6) is 0 Å². The molecule has 0 aromatic rings. The summed E-state index contributed by atoms with van der Waals surface area (Å²) in [5.41, 5.74) is 0. The van der Waals surface area contributed by atoms with Gasteiger partial charge in [-0.05, 0) is 20.3 Å². The van der Waals surface area contributed by atoms with E-state index in [0.29, 0.717) is 12.5 Å². The monoisotopic (exact) mass is 266 g/mol. The predicted molar refractivity (Wildman–Crippen MR) is 62.1 cm³/mol. The van der Waals surface area contributed by atoms with Crippen LogP contribution in [-0.2, 0) is 9.47 Å². The molecule has 0 aromatic carbocycles. The summed E-state index contributed by atoms with van der Waals surface area (Å²) in [5, 5.41) is 7.56. The van der Waals surface area contributed by atoms with E-state index in [0.717, 1.165) is 26.2 Å². The van der Waals surface area contributed by atoms with Crippen LogP contribution in [-0.4, -0.2) is 32.1 Å². The van der Waals surface area contributed by atoms with Crippen LogP contribution in [0.25, 0.3) is 0 Å². The third kappa shape index (κ3) is 24.4. The van der Waals surface area contributed by atoms with Crippen molar-refractivity contribution in [3.63, 3.8) is 0 Å². The molecule has 0 aromatic heterocycles. The molecule has 1 aliphatic rings. The molecule has 1 aliphatic heterocycles. The van der Waals surface area contributed by atoms with E-state index in [2.05, 4.69) is 20.8 Å². The van der Waals surface area contributed by atoms with Crippen LogP contribution in [0.1, 0.15) is 19.3 Å². The number of epoxide rings is 1. The fraction of sp³-hybridized carbons (Fsp3) is 0.667. The van der Waals surface area contributed by atoms with Gasteiger partial charge in [-0.1, -0.05) is 6.92 Å². The second-order valence-corrected chi connectivity index (χ2v) is 3.16. The Balaban J connectivity index is 0. The normalized spacial score (nSPS) is 16.6. The first kappa shape index (κ1) is 19.5.